The molecule has 0 unspecified atom stereocenters. The van der Waals surface area contributed by atoms with Gasteiger partial charge in [-0.3, -0.25) is 0 Å². The molecule has 0 amide bonds. The average Bonchev–Trinajstić information content (AvgIpc) is 2.11. The molecule has 0 fully saturated rings. The maximum atomic E-state index is 8.32. The first-order valence-corrected chi connectivity index (χ1v) is 4.89. The van der Waals surface area contributed by atoms with Gasteiger partial charge in [0.2, 0.25) is 0 Å². The highest BCUT2D eigenvalue weighted by Crippen LogP contribution is 2.22. The Balaban J connectivity index is 2.88. The zero-order valence-electron chi connectivity index (χ0n) is 6.80. The molecule has 0 spiro atoms. The van der Waals surface area contributed by atoms with Crippen molar-refractivity contribution in [2.75, 3.05) is 0 Å². The summed E-state index contributed by atoms with van der Waals surface area (Å²) in [6.45, 7) is 0. The van der Waals surface area contributed by atoms with Gasteiger partial charge in [-0.25, -0.2) is 0 Å². The zero-order valence-corrected chi connectivity index (χ0v) is 9.14. The van der Waals surface area contributed by atoms with Crippen LogP contribution in [0.4, 0.5) is 0 Å². The van der Waals surface area contributed by atoms with Gasteiger partial charge in [-0.05, 0) is 23.8 Å². The molecule has 0 saturated carbocycles. The van der Waals surface area contributed by atoms with E-state index < -0.39 is 0 Å². The summed E-state index contributed by atoms with van der Waals surface area (Å²) in [6.07, 6.45) is 4.03. The zero-order chi connectivity index (χ0) is 9.68. The standard InChI is InChI=1S/C10H7BrClN/c11-9-4-5-10(12)8(7-9)3-1-2-6-13/h1,3-5,7H,2H2. The van der Waals surface area contributed by atoms with Crippen LogP contribution < -0.4 is 0 Å². The molecule has 0 aliphatic carbocycles. The first-order chi connectivity index (χ1) is 6.24. The Morgan fingerprint density at radius 3 is 3.00 bits per heavy atom. The predicted molar refractivity (Wildman–Crippen MR) is 58.4 cm³/mol. The molecule has 1 aromatic carbocycles. The molecule has 0 saturated heterocycles. The minimum absolute atomic E-state index is 0.406. The van der Waals surface area contributed by atoms with Crippen LogP contribution in [0.1, 0.15) is 12.0 Å². The molecule has 0 atom stereocenters. The minimum Gasteiger partial charge on any atom is -0.198 e. The summed E-state index contributed by atoms with van der Waals surface area (Å²) in [5.41, 5.74) is 0.922. The molecular formula is C10H7BrClN. The van der Waals surface area contributed by atoms with Crippen molar-refractivity contribution < 1.29 is 0 Å². The number of rotatable bonds is 2. The monoisotopic (exact) mass is 255 g/mol. The molecule has 66 valence electrons. The van der Waals surface area contributed by atoms with Crippen LogP contribution in [-0.4, -0.2) is 0 Å². The van der Waals surface area contributed by atoms with Gasteiger partial charge in [0.1, 0.15) is 0 Å². The number of benzene rings is 1. The van der Waals surface area contributed by atoms with E-state index in [9.17, 15) is 0 Å². The molecule has 0 heterocycles. The van der Waals surface area contributed by atoms with Gasteiger partial charge in [0.05, 0.1) is 12.5 Å². The summed E-state index contributed by atoms with van der Waals surface area (Å²) in [5, 5.41) is 9.02. The van der Waals surface area contributed by atoms with Crippen molar-refractivity contribution in [2.24, 2.45) is 0 Å². The normalized spacial score (nSPS) is 10.2. The smallest absolute Gasteiger partial charge is 0.0663 e. The Bertz CT molecular complexity index is 366. The molecule has 0 N–H and O–H groups in total. The second-order valence-corrected chi connectivity index (χ2v) is 3.75. The average molecular weight is 257 g/mol. The molecule has 13 heavy (non-hydrogen) atoms. The Hall–Kier alpha value is -0.780. The van der Waals surface area contributed by atoms with Gasteiger partial charge in [-0.15, -0.1) is 0 Å². The van der Waals surface area contributed by atoms with Crippen LogP contribution in [0, 0.1) is 11.3 Å². The van der Waals surface area contributed by atoms with Crippen LogP contribution in [0.3, 0.4) is 0 Å². The Kier molecular flexibility index (Phi) is 4.01. The van der Waals surface area contributed by atoms with E-state index in [1.165, 1.54) is 0 Å². The van der Waals surface area contributed by atoms with Crippen molar-refractivity contribution >= 4 is 33.6 Å². The third kappa shape index (κ3) is 3.22. The van der Waals surface area contributed by atoms with Crippen LogP contribution in [-0.2, 0) is 0 Å². The summed E-state index contributed by atoms with van der Waals surface area (Å²) in [7, 11) is 0. The van der Waals surface area contributed by atoms with E-state index in [4.69, 9.17) is 16.9 Å². The number of nitrogens with zero attached hydrogens (tertiary/aromatic N) is 1. The SMILES string of the molecule is N#CCC=Cc1cc(Br)ccc1Cl. The maximum absolute atomic E-state index is 8.32. The lowest BCUT2D eigenvalue weighted by molar-refractivity contribution is 1.36. The van der Waals surface area contributed by atoms with Gasteiger partial charge in [0.25, 0.3) is 0 Å². The van der Waals surface area contributed by atoms with Crippen LogP contribution in [0.15, 0.2) is 28.7 Å². The van der Waals surface area contributed by atoms with Crippen molar-refractivity contribution in [1.29, 1.82) is 5.26 Å². The highest BCUT2D eigenvalue weighted by Gasteiger charge is 1.95. The van der Waals surface area contributed by atoms with Crippen LogP contribution in [0.2, 0.25) is 5.02 Å². The third-order valence-electron chi connectivity index (χ3n) is 1.46. The molecule has 1 rings (SSSR count). The number of allylic oxidation sites excluding steroid dienone is 1. The Morgan fingerprint density at radius 2 is 2.31 bits per heavy atom. The predicted octanol–water partition coefficient (Wildman–Crippen LogP) is 4.03. The largest absolute Gasteiger partial charge is 0.198 e. The lowest BCUT2D eigenvalue weighted by atomic mass is 10.2. The van der Waals surface area contributed by atoms with Crippen molar-refractivity contribution in [3.63, 3.8) is 0 Å². The molecule has 0 bridgehead atoms. The van der Waals surface area contributed by atoms with E-state index in [0.717, 1.165) is 10.0 Å². The molecule has 0 aliphatic rings. The minimum atomic E-state index is 0.406. The van der Waals surface area contributed by atoms with Gasteiger partial charge >= 0.3 is 0 Å². The lowest BCUT2D eigenvalue weighted by Gasteiger charge is -1.97. The molecule has 0 aromatic heterocycles. The van der Waals surface area contributed by atoms with Crippen LogP contribution in [0.5, 0.6) is 0 Å². The van der Waals surface area contributed by atoms with E-state index in [1.54, 1.807) is 6.08 Å². The fraction of sp³-hybridized carbons (Fsp3) is 0.100. The highest BCUT2D eigenvalue weighted by atomic mass is 79.9. The Morgan fingerprint density at radius 1 is 1.54 bits per heavy atom. The number of hydrogen-bond donors (Lipinski definition) is 0. The molecule has 1 nitrogen and oxygen atoms in total. The number of nitriles is 1. The van der Waals surface area contributed by atoms with Crippen molar-refractivity contribution in [3.05, 3.63) is 39.3 Å². The topological polar surface area (TPSA) is 23.8 Å². The van der Waals surface area contributed by atoms with Crippen molar-refractivity contribution in [1.82, 2.24) is 0 Å². The second kappa shape index (κ2) is 5.06. The molecule has 0 radical (unpaired) electrons. The molecular weight excluding hydrogens is 249 g/mol. The van der Waals surface area contributed by atoms with E-state index in [-0.39, 0.29) is 0 Å². The van der Waals surface area contributed by atoms with Gasteiger partial charge in [-0.2, -0.15) is 5.26 Å². The van der Waals surface area contributed by atoms with E-state index in [1.807, 2.05) is 30.3 Å². The summed E-state index contributed by atoms with van der Waals surface area (Å²) >= 11 is 9.27. The summed E-state index contributed by atoms with van der Waals surface area (Å²) in [4.78, 5) is 0. The van der Waals surface area contributed by atoms with Crippen molar-refractivity contribution in [3.8, 4) is 6.07 Å². The molecule has 1 aromatic rings. The second-order valence-electron chi connectivity index (χ2n) is 2.43. The molecule has 3 heteroatoms. The molecule has 0 aliphatic heterocycles. The fourth-order valence-electron chi connectivity index (χ4n) is 0.881. The maximum Gasteiger partial charge on any atom is 0.0663 e. The van der Waals surface area contributed by atoms with Gasteiger partial charge in [-0.1, -0.05) is 39.7 Å². The fourth-order valence-corrected chi connectivity index (χ4v) is 1.44. The first kappa shape index (κ1) is 10.3. The van der Waals surface area contributed by atoms with E-state index >= 15 is 0 Å². The number of hydrogen-bond acceptors (Lipinski definition) is 1. The first-order valence-electron chi connectivity index (χ1n) is 3.72. The quantitative estimate of drug-likeness (QED) is 0.784. The number of halogens is 2. The summed E-state index contributed by atoms with van der Waals surface area (Å²) in [5.74, 6) is 0. The summed E-state index contributed by atoms with van der Waals surface area (Å²) < 4.78 is 0.980. The van der Waals surface area contributed by atoms with Gasteiger partial charge in [0.15, 0.2) is 0 Å². The van der Waals surface area contributed by atoms with Gasteiger partial charge < -0.3 is 0 Å². The van der Waals surface area contributed by atoms with Gasteiger partial charge in [0, 0.05) is 9.50 Å². The van der Waals surface area contributed by atoms with Crippen LogP contribution in [0.25, 0.3) is 6.08 Å². The third-order valence-corrected chi connectivity index (χ3v) is 2.30. The summed E-state index contributed by atoms with van der Waals surface area (Å²) in [6, 6.07) is 7.64. The Labute approximate surface area is 90.8 Å². The highest BCUT2D eigenvalue weighted by molar-refractivity contribution is 9.10. The lowest BCUT2D eigenvalue weighted by Crippen LogP contribution is -1.74. The van der Waals surface area contributed by atoms with Crippen LogP contribution >= 0.6 is 27.5 Å². The van der Waals surface area contributed by atoms with E-state index in [0.29, 0.717) is 11.4 Å². The van der Waals surface area contributed by atoms with Crippen molar-refractivity contribution in [2.45, 2.75) is 6.42 Å². The van der Waals surface area contributed by atoms with E-state index in [2.05, 4.69) is 15.9 Å².